The molecule has 0 bridgehead atoms. The molecule has 2 heterocycles. The lowest BCUT2D eigenvalue weighted by atomic mass is 10.0. The fourth-order valence-corrected chi connectivity index (χ4v) is 2.32. The second-order valence-electron chi connectivity index (χ2n) is 4.92. The van der Waals surface area contributed by atoms with Gasteiger partial charge in [-0.1, -0.05) is 6.92 Å². The number of anilines is 1. The average Bonchev–Trinajstić information content (AvgIpc) is 2.28. The Morgan fingerprint density at radius 2 is 2.29 bits per heavy atom. The van der Waals surface area contributed by atoms with E-state index in [1.165, 1.54) is 12.8 Å². The Bertz CT molecular complexity index is 431. The Morgan fingerprint density at radius 3 is 2.88 bits per heavy atom. The van der Waals surface area contributed by atoms with Crippen LogP contribution in [0.3, 0.4) is 0 Å². The van der Waals surface area contributed by atoms with Crippen molar-refractivity contribution in [2.24, 2.45) is 5.92 Å². The number of hydrogen-bond donors (Lipinski definition) is 0. The molecular formula is C13H19N3O. The summed E-state index contributed by atoms with van der Waals surface area (Å²) in [5.41, 5.74) is 1.40. The first-order valence-corrected chi connectivity index (χ1v) is 6.17. The van der Waals surface area contributed by atoms with Crippen molar-refractivity contribution >= 4 is 11.7 Å². The van der Waals surface area contributed by atoms with Gasteiger partial charge in [0.15, 0.2) is 5.78 Å². The van der Waals surface area contributed by atoms with Gasteiger partial charge in [-0.25, -0.2) is 9.97 Å². The van der Waals surface area contributed by atoms with Crippen LogP contribution in [0.4, 0.5) is 5.95 Å². The molecule has 1 atom stereocenters. The molecule has 17 heavy (non-hydrogen) atoms. The Labute approximate surface area is 102 Å². The zero-order chi connectivity index (χ0) is 12.4. The minimum absolute atomic E-state index is 0.0288. The summed E-state index contributed by atoms with van der Waals surface area (Å²) in [5.74, 6) is 1.49. The molecule has 4 nitrogen and oxygen atoms in total. The van der Waals surface area contributed by atoms with Crippen molar-refractivity contribution in [1.29, 1.82) is 0 Å². The summed E-state index contributed by atoms with van der Waals surface area (Å²) < 4.78 is 0. The summed E-state index contributed by atoms with van der Waals surface area (Å²) in [6.07, 6.45) is 4.12. The maximum Gasteiger partial charge on any atom is 0.225 e. The number of piperidine rings is 1. The Hall–Kier alpha value is -1.45. The third kappa shape index (κ3) is 2.62. The lowest BCUT2D eigenvalue weighted by Gasteiger charge is -2.31. The van der Waals surface area contributed by atoms with Crippen molar-refractivity contribution in [2.75, 3.05) is 18.0 Å². The van der Waals surface area contributed by atoms with Gasteiger partial charge in [0.25, 0.3) is 0 Å². The van der Waals surface area contributed by atoms with Crippen LogP contribution in [0.25, 0.3) is 0 Å². The second-order valence-corrected chi connectivity index (χ2v) is 4.92. The molecule has 1 aliphatic heterocycles. The maximum atomic E-state index is 11.3. The number of carbonyl (C=O) groups is 1. The molecule has 0 N–H and O–H groups in total. The Balaban J connectivity index is 2.22. The number of aryl methyl sites for hydroxylation is 1. The minimum atomic E-state index is 0.0288. The van der Waals surface area contributed by atoms with Gasteiger partial charge in [-0.2, -0.15) is 0 Å². The molecule has 1 aliphatic rings. The molecule has 4 heteroatoms. The molecular weight excluding hydrogens is 214 g/mol. The van der Waals surface area contributed by atoms with Gasteiger partial charge >= 0.3 is 0 Å². The zero-order valence-corrected chi connectivity index (χ0v) is 10.7. The van der Waals surface area contributed by atoms with E-state index in [0.717, 1.165) is 24.7 Å². The number of rotatable bonds is 2. The normalized spacial score (nSPS) is 20.4. The monoisotopic (exact) mass is 233 g/mol. The van der Waals surface area contributed by atoms with Gasteiger partial charge in [0.2, 0.25) is 5.95 Å². The van der Waals surface area contributed by atoms with Crippen molar-refractivity contribution in [2.45, 2.75) is 33.6 Å². The fourth-order valence-electron chi connectivity index (χ4n) is 2.32. The van der Waals surface area contributed by atoms with Crippen LogP contribution in [-0.2, 0) is 0 Å². The van der Waals surface area contributed by atoms with Gasteiger partial charge in [0, 0.05) is 19.3 Å². The Morgan fingerprint density at radius 1 is 1.53 bits per heavy atom. The Kier molecular flexibility index (Phi) is 3.41. The van der Waals surface area contributed by atoms with E-state index in [0.29, 0.717) is 11.5 Å². The second kappa shape index (κ2) is 4.82. The van der Waals surface area contributed by atoms with E-state index in [-0.39, 0.29) is 5.78 Å². The highest BCUT2D eigenvalue weighted by molar-refractivity contribution is 5.94. The van der Waals surface area contributed by atoms with Crippen LogP contribution in [-0.4, -0.2) is 28.8 Å². The number of carbonyl (C=O) groups excluding carboxylic acids is 1. The summed E-state index contributed by atoms with van der Waals surface area (Å²) in [7, 11) is 0. The molecule has 0 amide bonds. The van der Waals surface area contributed by atoms with Crippen LogP contribution in [0.15, 0.2) is 6.20 Å². The summed E-state index contributed by atoms with van der Waals surface area (Å²) in [5, 5.41) is 0. The number of aromatic nitrogens is 2. The van der Waals surface area contributed by atoms with E-state index in [1.807, 2.05) is 6.92 Å². The fraction of sp³-hybridized carbons (Fsp3) is 0.615. The van der Waals surface area contributed by atoms with E-state index < -0.39 is 0 Å². The summed E-state index contributed by atoms with van der Waals surface area (Å²) in [6.45, 7) is 7.70. The highest BCUT2D eigenvalue weighted by Crippen LogP contribution is 2.20. The van der Waals surface area contributed by atoms with Gasteiger partial charge < -0.3 is 4.90 Å². The molecule has 0 saturated carbocycles. The molecule has 0 unspecified atom stereocenters. The molecule has 0 radical (unpaired) electrons. The van der Waals surface area contributed by atoms with Gasteiger partial charge in [0.1, 0.15) is 0 Å². The maximum absolute atomic E-state index is 11.3. The highest BCUT2D eigenvalue weighted by atomic mass is 16.1. The van der Waals surface area contributed by atoms with Crippen molar-refractivity contribution in [3.05, 3.63) is 17.5 Å². The number of Topliss-reactive ketones (excluding diaryl/α,β-unsaturated/α-hetero) is 1. The first-order chi connectivity index (χ1) is 8.08. The van der Waals surface area contributed by atoms with E-state index in [1.54, 1.807) is 13.1 Å². The highest BCUT2D eigenvalue weighted by Gasteiger charge is 2.19. The smallest absolute Gasteiger partial charge is 0.225 e. The van der Waals surface area contributed by atoms with E-state index >= 15 is 0 Å². The lowest BCUT2D eigenvalue weighted by Crippen LogP contribution is -2.35. The molecule has 1 fully saturated rings. The quantitative estimate of drug-likeness (QED) is 0.735. The molecule has 92 valence electrons. The molecule has 0 aromatic carbocycles. The summed E-state index contributed by atoms with van der Waals surface area (Å²) >= 11 is 0. The van der Waals surface area contributed by atoms with Crippen LogP contribution >= 0.6 is 0 Å². The summed E-state index contributed by atoms with van der Waals surface area (Å²) in [4.78, 5) is 22.3. The van der Waals surface area contributed by atoms with Crippen molar-refractivity contribution in [1.82, 2.24) is 9.97 Å². The molecule has 1 aromatic heterocycles. The molecule has 2 rings (SSSR count). The van der Waals surface area contributed by atoms with Crippen LogP contribution in [0.5, 0.6) is 0 Å². The van der Waals surface area contributed by atoms with Crippen molar-refractivity contribution in [3.63, 3.8) is 0 Å². The molecule has 0 spiro atoms. The predicted octanol–water partition coefficient (Wildman–Crippen LogP) is 2.22. The average molecular weight is 233 g/mol. The van der Waals surface area contributed by atoms with E-state index in [4.69, 9.17) is 0 Å². The number of nitrogens with zero attached hydrogens (tertiary/aromatic N) is 3. The molecule has 0 aliphatic carbocycles. The molecule has 1 aromatic rings. The number of ketones is 1. The van der Waals surface area contributed by atoms with Crippen LogP contribution in [0, 0.1) is 12.8 Å². The first-order valence-electron chi connectivity index (χ1n) is 6.17. The molecule has 1 saturated heterocycles. The largest absolute Gasteiger partial charge is 0.341 e. The standard InChI is InChI=1S/C13H19N3O/c1-9-5-4-6-16(8-9)13-14-7-12(11(3)17)10(2)15-13/h7,9H,4-6,8H2,1-3H3/t9-/m1/s1. The van der Waals surface area contributed by atoms with Gasteiger partial charge in [-0.15, -0.1) is 0 Å². The predicted molar refractivity (Wildman–Crippen MR) is 67.4 cm³/mol. The van der Waals surface area contributed by atoms with Crippen molar-refractivity contribution < 1.29 is 4.79 Å². The SMILES string of the molecule is CC(=O)c1cnc(N2CCC[C@@H](C)C2)nc1C. The summed E-state index contributed by atoms with van der Waals surface area (Å²) in [6, 6.07) is 0. The first kappa shape index (κ1) is 12.0. The topological polar surface area (TPSA) is 46.1 Å². The minimum Gasteiger partial charge on any atom is -0.341 e. The van der Waals surface area contributed by atoms with Gasteiger partial charge in [0.05, 0.1) is 11.3 Å². The number of hydrogen-bond acceptors (Lipinski definition) is 4. The van der Waals surface area contributed by atoms with Gasteiger partial charge in [-0.3, -0.25) is 4.79 Å². The van der Waals surface area contributed by atoms with Gasteiger partial charge in [-0.05, 0) is 32.6 Å². The zero-order valence-electron chi connectivity index (χ0n) is 10.7. The van der Waals surface area contributed by atoms with E-state index in [2.05, 4.69) is 21.8 Å². The third-order valence-corrected chi connectivity index (χ3v) is 3.29. The van der Waals surface area contributed by atoms with Crippen LogP contribution in [0.1, 0.15) is 42.7 Å². The lowest BCUT2D eigenvalue weighted by molar-refractivity contribution is 0.101. The van der Waals surface area contributed by atoms with Crippen LogP contribution < -0.4 is 4.90 Å². The van der Waals surface area contributed by atoms with Crippen molar-refractivity contribution in [3.8, 4) is 0 Å². The van der Waals surface area contributed by atoms with E-state index in [9.17, 15) is 4.79 Å². The third-order valence-electron chi connectivity index (χ3n) is 3.29. The van der Waals surface area contributed by atoms with Crippen LogP contribution in [0.2, 0.25) is 0 Å².